The van der Waals surface area contributed by atoms with Gasteiger partial charge in [-0.15, -0.1) is 12.4 Å². The fourth-order valence-corrected chi connectivity index (χ4v) is 2.30. The Kier molecular flexibility index (Phi) is 4.01. The van der Waals surface area contributed by atoms with Gasteiger partial charge in [-0.05, 0) is 0 Å². The third kappa shape index (κ3) is 3.70. The van der Waals surface area contributed by atoms with Gasteiger partial charge in [-0.2, -0.15) is 13.2 Å². The molecule has 0 amide bonds. The zero-order valence-electron chi connectivity index (χ0n) is 6.47. The molecule has 0 radical (unpaired) electrons. The molecule has 0 aliphatic carbocycles. The maximum absolute atomic E-state index is 11.7. The standard InChI is InChI=1S/C5H8F3NO2S.ClH/c6-5(7,8)3-12(10,11)4-1-9-2-4;/h4,9H,1-3H2;1H. The van der Waals surface area contributed by atoms with E-state index in [0.717, 1.165) is 0 Å². The van der Waals surface area contributed by atoms with Crippen LogP contribution in [0.25, 0.3) is 0 Å². The zero-order valence-corrected chi connectivity index (χ0v) is 8.10. The predicted octanol–water partition coefficient (Wildman–Crippen LogP) is 0.357. The quantitative estimate of drug-likeness (QED) is 0.757. The Morgan fingerprint density at radius 2 is 1.77 bits per heavy atom. The maximum Gasteiger partial charge on any atom is 0.402 e. The van der Waals surface area contributed by atoms with Gasteiger partial charge in [-0.1, -0.05) is 0 Å². The van der Waals surface area contributed by atoms with Gasteiger partial charge in [-0.25, -0.2) is 8.42 Å². The average Bonchev–Trinajstić information content (AvgIpc) is 1.45. The van der Waals surface area contributed by atoms with Crippen LogP contribution < -0.4 is 5.32 Å². The first-order chi connectivity index (χ1) is 5.31. The molecule has 80 valence electrons. The monoisotopic (exact) mass is 239 g/mol. The van der Waals surface area contributed by atoms with Crippen molar-refractivity contribution in [2.24, 2.45) is 0 Å². The summed E-state index contributed by atoms with van der Waals surface area (Å²) in [6, 6.07) is 0. The molecule has 1 fully saturated rings. The van der Waals surface area contributed by atoms with Crippen LogP contribution in [0.2, 0.25) is 0 Å². The highest BCUT2D eigenvalue weighted by Crippen LogP contribution is 2.20. The van der Waals surface area contributed by atoms with Gasteiger partial charge >= 0.3 is 6.18 Å². The molecular weight excluding hydrogens is 231 g/mol. The zero-order chi connectivity index (χ0) is 9.41. The lowest BCUT2D eigenvalue weighted by atomic mass is 10.3. The molecule has 1 rings (SSSR count). The van der Waals surface area contributed by atoms with Gasteiger partial charge in [0, 0.05) is 13.1 Å². The lowest BCUT2D eigenvalue weighted by Crippen LogP contribution is -2.53. The first kappa shape index (κ1) is 13.0. The van der Waals surface area contributed by atoms with E-state index in [9.17, 15) is 21.6 Å². The van der Waals surface area contributed by atoms with E-state index in [1.54, 1.807) is 0 Å². The van der Waals surface area contributed by atoms with Crippen molar-refractivity contribution in [3.05, 3.63) is 0 Å². The van der Waals surface area contributed by atoms with Crippen LogP contribution in [0.5, 0.6) is 0 Å². The fourth-order valence-electron chi connectivity index (χ4n) is 0.862. The van der Waals surface area contributed by atoms with E-state index >= 15 is 0 Å². The van der Waals surface area contributed by atoms with Crippen LogP contribution in [0.4, 0.5) is 13.2 Å². The molecule has 1 N–H and O–H groups in total. The van der Waals surface area contributed by atoms with Crippen LogP contribution in [0, 0.1) is 0 Å². The molecular formula is C5H9ClF3NO2S. The van der Waals surface area contributed by atoms with E-state index in [-0.39, 0.29) is 25.5 Å². The van der Waals surface area contributed by atoms with Crippen LogP contribution in [0.15, 0.2) is 0 Å². The second-order valence-electron chi connectivity index (χ2n) is 2.70. The summed E-state index contributed by atoms with van der Waals surface area (Å²) in [5, 5.41) is 1.76. The summed E-state index contributed by atoms with van der Waals surface area (Å²) in [5.41, 5.74) is 0. The summed E-state index contributed by atoms with van der Waals surface area (Å²) in [4.78, 5) is 0. The number of halogens is 4. The third-order valence-electron chi connectivity index (χ3n) is 1.62. The molecule has 0 aromatic rings. The summed E-state index contributed by atoms with van der Waals surface area (Å²) in [7, 11) is -3.97. The van der Waals surface area contributed by atoms with Crippen molar-refractivity contribution < 1.29 is 21.6 Å². The topological polar surface area (TPSA) is 46.2 Å². The molecule has 13 heavy (non-hydrogen) atoms. The normalized spacial score (nSPS) is 19.0. The molecule has 0 atom stereocenters. The Hall–Kier alpha value is -0.0100. The van der Waals surface area contributed by atoms with Crippen LogP contribution >= 0.6 is 12.4 Å². The molecule has 0 spiro atoms. The lowest BCUT2D eigenvalue weighted by Gasteiger charge is -2.26. The van der Waals surface area contributed by atoms with Crippen molar-refractivity contribution in [3.63, 3.8) is 0 Å². The minimum atomic E-state index is -4.62. The maximum atomic E-state index is 11.7. The van der Waals surface area contributed by atoms with E-state index in [1.165, 1.54) is 0 Å². The van der Waals surface area contributed by atoms with Gasteiger partial charge in [0.1, 0.15) is 5.75 Å². The van der Waals surface area contributed by atoms with Crippen molar-refractivity contribution >= 4 is 22.2 Å². The molecule has 3 nitrogen and oxygen atoms in total. The first-order valence-corrected chi connectivity index (χ1v) is 5.02. The highest BCUT2D eigenvalue weighted by Gasteiger charge is 2.41. The highest BCUT2D eigenvalue weighted by molar-refractivity contribution is 7.92. The van der Waals surface area contributed by atoms with Gasteiger partial charge in [0.15, 0.2) is 9.84 Å². The predicted molar refractivity (Wildman–Crippen MR) is 43.7 cm³/mol. The second kappa shape index (κ2) is 4.02. The lowest BCUT2D eigenvalue weighted by molar-refractivity contribution is -0.106. The fraction of sp³-hybridized carbons (Fsp3) is 1.00. The SMILES string of the molecule is Cl.O=S(=O)(CC(F)(F)F)C1CNC1. The van der Waals surface area contributed by atoms with Gasteiger partial charge in [0.05, 0.1) is 5.25 Å². The van der Waals surface area contributed by atoms with Gasteiger partial charge in [0.25, 0.3) is 0 Å². The van der Waals surface area contributed by atoms with E-state index in [4.69, 9.17) is 0 Å². The molecule has 0 unspecified atom stereocenters. The molecule has 0 aromatic heterocycles. The molecule has 0 bridgehead atoms. The van der Waals surface area contributed by atoms with Crippen LogP contribution in [-0.4, -0.2) is 38.7 Å². The van der Waals surface area contributed by atoms with E-state index < -0.39 is 27.0 Å². The van der Waals surface area contributed by atoms with E-state index in [0.29, 0.717) is 0 Å². The summed E-state index contributed by atoms with van der Waals surface area (Å²) < 4.78 is 56.8. The summed E-state index contributed by atoms with van der Waals surface area (Å²) in [6.07, 6.45) is -4.62. The Morgan fingerprint density at radius 3 is 2.00 bits per heavy atom. The molecule has 1 aliphatic heterocycles. The molecule has 0 saturated carbocycles. The van der Waals surface area contributed by atoms with Crippen LogP contribution in [0.1, 0.15) is 0 Å². The minimum absolute atomic E-state index is 0. The van der Waals surface area contributed by atoms with Gasteiger partial charge in [-0.3, -0.25) is 0 Å². The number of nitrogens with one attached hydrogen (secondary N) is 1. The summed E-state index contributed by atoms with van der Waals surface area (Å²) in [5.74, 6) is -1.70. The smallest absolute Gasteiger partial charge is 0.314 e. The minimum Gasteiger partial charge on any atom is -0.314 e. The Labute approximate surface area is 80.0 Å². The number of sulfone groups is 1. The first-order valence-electron chi connectivity index (χ1n) is 3.30. The van der Waals surface area contributed by atoms with Crippen molar-refractivity contribution in [2.75, 3.05) is 18.8 Å². The van der Waals surface area contributed by atoms with Crippen LogP contribution in [-0.2, 0) is 9.84 Å². The average molecular weight is 240 g/mol. The summed E-state index contributed by atoms with van der Waals surface area (Å²) >= 11 is 0. The van der Waals surface area contributed by atoms with Crippen molar-refractivity contribution in [1.82, 2.24) is 5.32 Å². The van der Waals surface area contributed by atoms with Crippen LogP contribution in [0.3, 0.4) is 0 Å². The number of alkyl halides is 3. The summed E-state index contributed by atoms with van der Waals surface area (Å²) in [6.45, 7) is 0.275. The van der Waals surface area contributed by atoms with Gasteiger partial charge in [0.2, 0.25) is 0 Å². The second-order valence-corrected chi connectivity index (χ2v) is 4.98. The molecule has 1 saturated heterocycles. The Morgan fingerprint density at radius 1 is 1.31 bits per heavy atom. The van der Waals surface area contributed by atoms with E-state index in [2.05, 4.69) is 5.32 Å². The highest BCUT2D eigenvalue weighted by atomic mass is 35.5. The number of rotatable bonds is 2. The third-order valence-corrected chi connectivity index (χ3v) is 3.70. The van der Waals surface area contributed by atoms with Crippen molar-refractivity contribution in [3.8, 4) is 0 Å². The largest absolute Gasteiger partial charge is 0.402 e. The van der Waals surface area contributed by atoms with Gasteiger partial charge < -0.3 is 5.32 Å². The number of hydrogen-bond donors (Lipinski definition) is 1. The van der Waals surface area contributed by atoms with Crippen molar-refractivity contribution in [1.29, 1.82) is 0 Å². The number of hydrogen-bond acceptors (Lipinski definition) is 3. The molecule has 1 heterocycles. The van der Waals surface area contributed by atoms with E-state index in [1.807, 2.05) is 0 Å². The molecule has 8 heteroatoms. The molecule has 0 aromatic carbocycles. The van der Waals surface area contributed by atoms with Crippen molar-refractivity contribution in [2.45, 2.75) is 11.4 Å². The Bertz CT molecular complexity index is 259. The molecule has 1 aliphatic rings. The Balaban J connectivity index is 0.00000144.